The summed E-state index contributed by atoms with van der Waals surface area (Å²) in [4.78, 5) is 14.5. The molecule has 6 heteroatoms. The number of hydrogen-bond acceptors (Lipinski definition) is 3. The number of ether oxygens (including phenoxy) is 1. The van der Waals surface area contributed by atoms with Crippen molar-refractivity contribution in [1.82, 2.24) is 15.5 Å². The summed E-state index contributed by atoms with van der Waals surface area (Å²) in [5, 5.41) is 10.3. The number of hydrogen-bond donors (Lipinski definition) is 2. The highest BCUT2D eigenvalue weighted by Crippen LogP contribution is 2.27. The van der Waals surface area contributed by atoms with Crippen molar-refractivity contribution < 1.29 is 9.53 Å². The molecule has 0 spiro atoms. The van der Waals surface area contributed by atoms with E-state index in [0.29, 0.717) is 5.92 Å². The van der Waals surface area contributed by atoms with Gasteiger partial charge in [0.2, 0.25) is 0 Å². The van der Waals surface area contributed by atoms with Gasteiger partial charge in [-0.3, -0.25) is 10.00 Å². The van der Waals surface area contributed by atoms with E-state index in [0.717, 1.165) is 63.1 Å². The lowest BCUT2D eigenvalue weighted by molar-refractivity contribution is -0.0330. The van der Waals surface area contributed by atoms with Crippen molar-refractivity contribution in [2.45, 2.75) is 64.5 Å². The Morgan fingerprint density at radius 1 is 1.52 bits per heavy atom. The minimum Gasteiger partial charge on any atom is -0.378 e. The van der Waals surface area contributed by atoms with Gasteiger partial charge in [-0.2, -0.15) is 5.10 Å². The van der Waals surface area contributed by atoms with Crippen LogP contribution in [0.1, 0.15) is 51.6 Å². The van der Waals surface area contributed by atoms with Crippen molar-refractivity contribution >= 4 is 11.7 Å². The summed E-state index contributed by atoms with van der Waals surface area (Å²) in [6, 6.07) is 0.210. The SMILES string of the molecule is CCC(CC)C1CC(NC(=O)N2CCCc3[nH]ncc32)CCO1. The fourth-order valence-corrected chi connectivity index (χ4v) is 3.82. The topological polar surface area (TPSA) is 70.2 Å². The van der Waals surface area contributed by atoms with E-state index in [-0.39, 0.29) is 18.2 Å². The molecule has 0 radical (unpaired) electrons. The van der Waals surface area contributed by atoms with Crippen LogP contribution < -0.4 is 10.2 Å². The minimum atomic E-state index is 0.00236. The number of urea groups is 1. The molecule has 1 aromatic rings. The fraction of sp³-hybridized carbons (Fsp3) is 0.765. The highest BCUT2D eigenvalue weighted by Gasteiger charge is 2.31. The van der Waals surface area contributed by atoms with Crippen molar-refractivity contribution in [2.24, 2.45) is 5.92 Å². The molecule has 0 saturated carbocycles. The van der Waals surface area contributed by atoms with Gasteiger partial charge in [0.15, 0.2) is 0 Å². The summed E-state index contributed by atoms with van der Waals surface area (Å²) in [5.41, 5.74) is 1.99. The second-order valence-corrected chi connectivity index (χ2v) is 6.65. The predicted molar refractivity (Wildman–Crippen MR) is 89.6 cm³/mol. The Hall–Kier alpha value is -1.56. The van der Waals surface area contributed by atoms with Crippen LogP contribution in [0.15, 0.2) is 6.20 Å². The molecule has 6 nitrogen and oxygen atoms in total. The molecule has 1 aromatic heterocycles. The molecule has 2 unspecified atom stereocenters. The third kappa shape index (κ3) is 3.52. The van der Waals surface area contributed by atoms with E-state index in [4.69, 9.17) is 4.74 Å². The van der Waals surface area contributed by atoms with Gasteiger partial charge in [0.25, 0.3) is 0 Å². The molecule has 1 fully saturated rings. The number of carbonyl (C=O) groups excluding carboxylic acids is 1. The molecule has 3 rings (SSSR count). The molecule has 2 aliphatic rings. The van der Waals surface area contributed by atoms with Gasteiger partial charge in [-0.05, 0) is 31.6 Å². The maximum atomic E-state index is 12.7. The lowest BCUT2D eigenvalue weighted by atomic mass is 9.89. The molecule has 128 valence electrons. The number of nitrogens with zero attached hydrogens (tertiary/aromatic N) is 2. The molecule has 0 aliphatic carbocycles. The lowest BCUT2D eigenvalue weighted by Gasteiger charge is -2.36. The molecule has 2 aliphatic heterocycles. The Bertz CT molecular complexity index is 526. The van der Waals surface area contributed by atoms with Gasteiger partial charge in [-0.15, -0.1) is 0 Å². The zero-order chi connectivity index (χ0) is 16.2. The molecule has 1 saturated heterocycles. The van der Waals surface area contributed by atoms with Gasteiger partial charge in [0.1, 0.15) is 0 Å². The van der Waals surface area contributed by atoms with Crippen LogP contribution in [0.25, 0.3) is 0 Å². The first-order valence-electron chi connectivity index (χ1n) is 8.94. The fourth-order valence-electron chi connectivity index (χ4n) is 3.82. The summed E-state index contributed by atoms with van der Waals surface area (Å²) in [6.07, 6.45) is 8.05. The predicted octanol–water partition coefficient (Wildman–Crippen LogP) is 2.86. The van der Waals surface area contributed by atoms with Crippen LogP contribution in [0.3, 0.4) is 0 Å². The Morgan fingerprint density at radius 3 is 3.13 bits per heavy atom. The molecule has 23 heavy (non-hydrogen) atoms. The average molecular weight is 320 g/mol. The highest BCUT2D eigenvalue weighted by molar-refractivity contribution is 5.93. The number of aromatic amines is 1. The van der Waals surface area contributed by atoms with Crippen molar-refractivity contribution in [1.29, 1.82) is 0 Å². The van der Waals surface area contributed by atoms with Crippen molar-refractivity contribution in [3.05, 3.63) is 11.9 Å². The second-order valence-electron chi connectivity index (χ2n) is 6.65. The number of anilines is 1. The first kappa shape index (κ1) is 16.3. The van der Waals surface area contributed by atoms with Crippen LogP contribution in [0.2, 0.25) is 0 Å². The standard InChI is InChI=1S/C17H28N4O2/c1-3-12(4-2)16-10-13(7-9-23-16)19-17(22)21-8-5-6-14-15(21)11-18-20-14/h11-13,16H,3-10H2,1-2H3,(H,18,20)(H,19,22). The first-order valence-corrected chi connectivity index (χ1v) is 8.94. The smallest absolute Gasteiger partial charge is 0.322 e. The second kappa shape index (κ2) is 7.34. The molecule has 0 aromatic carbocycles. The molecule has 0 bridgehead atoms. The summed E-state index contributed by atoms with van der Waals surface area (Å²) in [5.74, 6) is 0.588. The first-order chi connectivity index (χ1) is 11.2. The summed E-state index contributed by atoms with van der Waals surface area (Å²) in [6.45, 7) is 5.93. The molecule has 2 amide bonds. The van der Waals surface area contributed by atoms with Gasteiger partial charge in [-0.25, -0.2) is 4.79 Å². The Kier molecular flexibility index (Phi) is 5.20. The lowest BCUT2D eigenvalue weighted by Crippen LogP contribution is -2.50. The number of aryl methyl sites for hydroxylation is 1. The van der Waals surface area contributed by atoms with Gasteiger partial charge < -0.3 is 10.1 Å². The number of amides is 2. The third-order valence-electron chi connectivity index (χ3n) is 5.26. The molecule has 3 heterocycles. The zero-order valence-electron chi connectivity index (χ0n) is 14.2. The van der Waals surface area contributed by atoms with E-state index in [9.17, 15) is 4.79 Å². The normalized spacial score (nSPS) is 24.6. The molecular weight excluding hydrogens is 292 g/mol. The van der Waals surface area contributed by atoms with Crippen molar-refractivity contribution in [3.63, 3.8) is 0 Å². The van der Waals surface area contributed by atoms with Crippen LogP contribution in [-0.4, -0.2) is 41.5 Å². The number of nitrogens with one attached hydrogen (secondary N) is 2. The largest absolute Gasteiger partial charge is 0.378 e. The third-order valence-corrected chi connectivity index (χ3v) is 5.26. The Morgan fingerprint density at radius 2 is 2.35 bits per heavy atom. The maximum Gasteiger partial charge on any atom is 0.322 e. The van der Waals surface area contributed by atoms with E-state index in [1.807, 2.05) is 4.90 Å². The number of carbonyl (C=O) groups is 1. The van der Waals surface area contributed by atoms with Gasteiger partial charge >= 0.3 is 6.03 Å². The number of H-pyrrole nitrogens is 1. The number of rotatable bonds is 4. The van der Waals surface area contributed by atoms with Crippen molar-refractivity contribution in [2.75, 3.05) is 18.1 Å². The zero-order valence-corrected chi connectivity index (χ0v) is 14.2. The molecule has 2 atom stereocenters. The Labute approximate surface area is 138 Å². The highest BCUT2D eigenvalue weighted by atomic mass is 16.5. The molecule has 2 N–H and O–H groups in total. The van der Waals surface area contributed by atoms with Crippen molar-refractivity contribution in [3.8, 4) is 0 Å². The van der Waals surface area contributed by atoms with E-state index in [1.54, 1.807) is 6.20 Å². The van der Waals surface area contributed by atoms with Gasteiger partial charge in [0.05, 0.1) is 23.7 Å². The average Bonchev–Trinajstić information content (AvgIpc) is 3.05. The molecular formula is C17H28N4O2. The monoisotopic (exact) mass is 320 g/mol. The quantitative estimate of drug-likeness (QED) is 0.896. The maximum absolute atomic E-state index is 12.7. The van der Waals surface area contributed by atoms with Crippen LogP contribution in [0.4, 0.5) is 10.5 Å². The van der Waals surface area contributed by atoms with Crippen LogP contribution in [0.5, 0.6) is 0 Å². The number of aromatic nitrogens is 2. The van der Waals surface area contributed by atoms with E-state index < -0.39 is 0 Å². The van der Waals surface area contributed by atoms with Crippen LogP contribution in [0, 0.1) is 5.92 Å². The van der Waals surface area contributed by atoms with E-state index in [2.05, 4.69) is 29.4 Å². The minimum absolute atomic E-state index is 0.00236. The Balaban J connectivity index is 1.60. The number of fused-ring (bicyclic) bond motifs is 1. The van der Waals surface area contributed by atoms with Crippen LogP contribution in [-0.2, 0) is 11.2 Å². The van der Waals surface area contributed by atoms with Crippen LogP contribution >= 0.6 is 0 Å². The van der Waals surface area contributed by atoms with Gasteiger partial charge in [-0.1, -0.05) is 26.7 Å². The van der Waals surface area contributed by atoms with E-state index in [1.165, 1.54) is 0 Å². The van der Waals surface area contributed by atoms with E-state index >= 15 is 0 Å². The summed E-state index contributed by atoms with van der Waals surface area (Å²) in [7, 11) is 0. The summed E-state index contributed by atoms with van der Waals surface area (Å²) >= 11 is 0. The van der Waals surface area contributed by atoms with Gasteiger partial charge in [0, 0.05) is 19.2 Å². The summed E-state index contributed by atoms with van der Waals surface area (Å²) < 4.78 is 5.94.